The van der Waals surface area contributed by atoms with Gasteiger partial charge in [0.05, 0.1) is 13.7 Å². The molecule has 0 radical (unpaired) electrons. The van der Waals surface area contributed by atoms with Crippen molar-refractivity contribution in [2.24, 2.45) is 0 Å². The molecular weight excluding hydrogens is 394 g/mol. The van der Waals surface area contributed by atoms with Gasteiger partial charge in [0.1, 0.15) is 17.5 Å². The van der Waals surface area contributed by atoms with Crippen molar-refractivity contribution in [1.29, 1.82) is 0 Å². The molecule has 0 spiro atoms. The molecule has 0 aliphatic rings. The van der Waals surface area contributed by atoms with E-state index in [-0.39, 0.29) is 18.6 Å². The van der Waals surface area contributed by atoms with Gasteiger partial charge in [0.15, 0.2) is 0 Å². The molecule has 1 unspecified atom stereocenters. The Kier molecular flexibility index (Phi) is 9.28. The minimum Gasteiger partial charge on any atom is -0.486 e. The molecule has 0 fully saturated rings. The smallest absolute Gasteiger partial charge is 0.330 e. The lowest BCUT2D eigenvalue weighted by molar-refractivity contribution is -0.153. The van der Waals surface area contributed by atoms with Crippen molar-refractivity contribution in [2.75, 3.05) is 20.2 Å². The number of hydrogen-bond acceptors (Lipinski definition) is 6. The molecule has 0 saturated heterocycles. The van der Waals surface area contributed by atoms with Gasteiger partial charge in [-0.25, -0.2) is 4.79 Å². The summed E-state index contributed by atoms with van der Waals surface area (Å²) in [7, 11) is 1.34. The highest BCUT2D eigenvalue weighted by Crippen LogP contribution is 2.25. The monoisotopic (exact) mass is 425 g/mol. The molecule has 2 aromatic rings. The number of ether oxygens (including phenoxy) is 3. The van der Waals surface area contributed by atoms with Crippen LogP contribution < -0.4 is 10.1 Å². The molecule has 1 atom stereocenters. The van der Waals surface area contributed by atoms with Gasteiger partial charge >= 0.3 is 11.9 Å². The molecule has 0 heterocycles. The molecule has 0 bridgehead atoms. The first-order valence-electron chi connectivity index (χ1n) is 10.3. The van der Waals surface area contributed by atoms with Crippen LogP contribution in [0.15, 0.2) is 60.7 Å². The van der Waals surface area contributed by atoms with E-state index < -0.39 is 11.6 Å². The standard InChI is InChI=1S/C25H31NO5/c1-25(2,3)31-24(28)18-26-17-16-22(20-8-6-5-7-9-20)30-21-13-10-19(11-14-21)12-15-23(27)29-4/h5-15,22,26H,16-18H2,1-4H3/b15-12+. The zero-order valence-corrected chi connectivity index (χ0v) is 18.6. The number of carbonyl (C=O) groups excluding carboxylic acids is 2. The van der Waals surface area contributed by atoms with Crippen LogP contribution >= 0.6 is 0 Å². The fourth-order valence-corrected chi connectivity index (χ4v) is 2.82. The molecular formula is C25H31NO5. The van der Waals surface area contributed by atoms with Gasteiger partial charge < -0.3 is 19.5 Å². The first-order valence-corrected chi connectivity index (χ1v) is 10.3. The molecule has 0 aliphatic heterocycles. The van der Waals surface area contributed by atoms with Crippen molar-refractivity contribution >= 4 is 18.0 Å². The minimum atomic E-state index is -0.493. The van der Waals surface area contributed by atoms with E-state index in [1.165, 1.54) is 13.2 Å². The fourth-order valence-electron chi connectivity index (χ4n) is 2.82. The average molecular weight is 426 g/mol. The summed E-state index contributed by atoms with van der Waals surface area (Å²) in [6.45, 7) is 6.29. The van der Waals surface area contributed by atoms with E-state index in [1.807, 2.05) is 75.4 Å². The van der Waals surface area contributed by atoms with Crippen molar-refractivity contribution in [1.82, 2.24) is 5.32 Å². The number of carbonyl (C=O) groups is 2. The van der Waals surface area contributed by atoms with E-state index in [4.69, 9.17) is 9.47 Å². The van der Waals surface area contributed by atoms with E-state index in [0.29, 0.717) is 13.0 Å². The summed E-state index contributed by atoms with van der Waals surface area (Å²) in [5.41, 5.74) is 1.43. The predicted molar refractivity (Wildman–Crippen MR) is 121 cm³/mol. The summed E-state index contributed by atoms with van der Waals surface area (Å²) in [5, 5.41) is 3.13. The fraction of sp³-hybridized carbons (Fsp3) is 0.360. The van der Waals surface area contributed by atoms with Crippen LogP contribution in [0.25, 0.3) is 6.08 Å². The summed E-state index contributed by atoms with van der Waals surface area (Å²) < 4.78 is 16.1. The Morgan fingerprint density at radius 1 is 1.03 bits per heavy atom. The van der Waals surface area contributed by atoms with Crippen LogP contribution in [0.3, 0.4) is 0 Å². The highest BCUT2D eigenvalue weighted by atomic mass is 16.6. The van der Waals surface area contributed by atoms with Crippen molar-refractivity contribution in [3.8, 4) is 5.75 Å². The number of methoxy groups -OCH3 is 1. The van der Waals surface area contributed by atoms with Crippen LogP contribution in [0.4, 0.5) is 0 Å². The Morgan fingerprint density at radius 2 is 1.71 bits per heavy atom. The largest absolute Gasteiger partial charge is 0.486 e. The van der Waals surface area contributed by atoms with Gasteiger partial charge in [-0.1, -0.05) is 42.5 Å². The molecule has 1 N–H and O–H groups in total. The SMILES string of the molecule is COC(=O)/C=C/c1ccc(OC(CCNCC(=O)OC(C)(C)C)c2ccccc2)cc1. The summed E-state index contributed by atoms with van der Waals surface area (Å²) in [5.74, 6) is 0.0415. The molecule has 2 rings (SSSR count). The van der Waals surface area contributed by atoms with E-state index >= 15 is 0 Å². The highest BCUT2D eigenvalue weighted by Gasteiger charge is 2.17. The Balaban J connectivity index is 1.96. The summed E-state index contributed by atoms with van der Waals surface area (Å²) >= 11 is 0. The lowest BCUT2D eigenvalue weighted by atomic mass is 10.1. The lowest BCUT2D eigenvalue weighted by Crippen LogP contribution is -2.32. The molecule has 6 nitrogen and oxygen atoms in total. The van der Waals surface area contributed by atoms with Crippen LogP contribution in [-0.4, -0.2) is 37.7 Å². The third-order valence-electron chi connectivity index (χ3n) is 4.22. The zero-order valence-electron chi connectivity index (χ0n) is 18.6. The third-order valence-corrected chi connectivity index (χ3v) is 4.22. The Hall–Kier alpha value is -3.12. The average Bonchev–Trinajstić information content (AvgIpc) is 2.74. The summed E-state index contributed by atoms with van der Waals surface area (Å²) in [6, 6.07) is 17.4. The maximum absolute atomic E-state index is 11.9. The molecule has 6 heteroatoms. The van der Waals surface area contributed by atoms with Crippen molar-refractivity contribution in [2.45, 2.75) is 38.9 Å². The topological polar surface area (TPSA) is 73.9 Å². The highest BCUT2D eigenvalue weighted by molar-refractivity contribution is 5.86. The normalized spacial score (nSPS) is 12.4. The number of rotatable bonds is 10. The van der Waals surface area contributed by atoms with Crippen LogP contribution in [0.1, 0.15) is 44.4 Å². The van der Waals surface area contributed by atoms with Crippen molar-refractivity contribution < 1.29 is 23.8 Å². The zero-order chi connectivity index (χ0) is 22.7. The first-order chi connectivity index (χ1) is 14.8. The van der Waals surface area contributed by atoms with Crippen LogP contribution in [-0.2, 0) is 19.1 Å². The Bertz CT molecular complexity index is 854. The van der Waals surface area contributed by atoms with Gasteiger partial charge in [-0.15, -0.1) is 0 Å². The van der Waals surface area contributed by atoms with E-state index in [9.17, 15) is 9.59 Å². The second-order valence-electron chi connectivity index (χ2n) is 7.99. The molecule has 0 saturated carbocycles. The number of esters is 2. The van der Waals surface area contributed by atoms with Crippen molar-refractivity contribution in [3.05, 3.63) is 71.8 Å². The van der Waals surface area contributed by atoms with Gasteiger partial charge in [0, 0.05) is 12.5 Å². The quantitative estimate of drug-likeness (QED) is 0.347. The number of nitrogens with one attached hydrogen (secondary N) is 1. The van der Waals surface area contributed by atoms with Crippen LogP contribution in [0, 0.1) is 0 Å². The van der Waals surface area contributed by atoms with E-state index in [0.717, 1.165) is 16.9 Å². The number of benzene rings is 2. The van der Waals surface area contributed by atoms with Gasteiger partial charge in [-0.2, -0.15) is 0 Å². The van der Waals surface area contributed by atoms with Crippen LogP contribution in [0.2, 0.25) is 0 Å². The van der Waals surface area contributed by atoms with E-state index in [1.54, 1.807) is 6.08 Å². The molecule has 0 aliphatic carbocycles. The molecule has 0 amide bonds. The Labute approximate surface area is 184 Å². The predicted octanol–water partition coefficient (Wildman–Crippen LogP) is 4.31. The molecule has 0 aromatic heterocycles. The van der Waals surface area contributed by atoms with Gasteiger partial charge in [0.25, 0.3) is 0 Å². The van der Waals surface area contributed by atoms with Gasteiger partial charge in [-0.05, 0) is 56.7 Å². The first kappa shape index (κ1) is 24.2. The maximum Gasteiger partial charge on any atom is 0.330 e. The summed E-state index contributed by atoms with van der Waals surface area (Å²) in [4.78, 5) is 23.1. The second-order valence-corrected chi connectivity index (χ2v) is 7.99. The number of hydrogen-bond donors (Lipinski definition) is 1. The van der Waals surface area contributed by atoms with Gasteiger partial charge in [-0.3, -0.25) is 4.79 Å². The minimum absolute atomic E-state index is 0.153. The Morgan fingerprint density at radius 3 is 2.32 bits per heavy atom. The summed E-state index contributed by atoms with van der Waals surface area (Å²) in [6.07, 6.45) is 3.56. The second kappa shape index (κ2) is 11.9. The van der Waals surface area contributed by atoms with Gasteiger partial charge in [0.2, 0.25) is 0 Å². The molecule has 31 heavy (non-hydrogen) atoms. The van der Waals surface area contributed by atoms with Crippen LogP contribution in [0.5, 0.6) is 5.75 Å². The van der Waals surface area contributed by atoms with E-state index in [2.05, 4.69) is 10.1 Å². The molecule has 2 aromatic carbocycles. The maximum atomic E-state index is 11.9. The molecule has 166 valence electrons. The van der Waals surface area contributed by atoms with Crippen molar-refractivity contribution in [3.63, 3.8) is 0 Å². The lowest BCUT2D eigenvalue weighted by Gasteiger charge is -2.21. The third kappa shape index (κ3) is 9.49.